The highest BCUT2D eigenvalue weighted by atomic mass is 16.5. The molecule has 0 aromatic heterocycles. The number of nitrogens with zero attached hydrogens (tertiary/aromatic N) is 1. The van der Waals surface area contributed by atoms with Gasteiger partial charge < -0.3 is 14.7 Å². The topological polar surface area (TPSA) is 49.8 Å². The van der Waals surface area contributed by atoms with Gasteiger partial charge in [0.2, 0.25) is 0 Å². The van der Waals surface area contributed by atoms with E-state index in [1.807, 2.05) is 6.07 Å². The molecule has 0 spiro atoms. The van der Waals surface area contributed by atoms with Crippen LogP contribution in [0.15, 0.2) is 18.2 Å². The van der Waals surface area contributed by atoms with Gasteiger partial charge in [0.25, 0.3) is 0 Å². The third-order valence-electron chi connectivity index (χ3n) is 3.09. The maximum atomic E-state index is 10.9. The lowest BCUT2D eigenvalue weighted by molar-refractivity contribution is 0.0697. The Labute approximate surface area is 101 Å². The van der Waals surface area contributed by atoms with Crippen LogP contribution < -0.4 is 4.90 Å². The van der Waals surface area contributed by atoms with E-state index in [9.17, 15) is 4.79 Å². The predicted molar refractivity (Wildman–Crippen MR) is 65.8 cm³/mol. The number of carboxylic acid groups (broad SMARTS) is 1. The van der Waals surface area contributed by atoms with Crippen LogP contribution in [0.25, 0.3) is 0 Å². The summed E-state index contributed by atoms with van der Waals surface area (Å²) in [5.41, 5.74) is 2.69. The fourth-order valence-corrected chi connectivity index (χ4v) is 2.24. The monoisotopic (exact) mass is 235 g/mol. The molecule has 0 radical (unpaired) electrons. The van der Waals surface area contributed by atoms with Crippen molar-refractivity contribution >= 4 is 11.7 Å². The van der Waals surface area contributed by atoms with Crippen molar-refractivity contribution in [2.45, 2.75) is 12.8 Å². The Balaban J connectivity index is 2.08. The van der Waals surface area contributed by atoms with Crippen molar-refractivity contribution in [2.75, 3.05) is 31.7 Å². The maximum Gasteiger partial charge on any atom is 0.335 e. The van der Waals surface area contributed by atoms with Gasteiger partial charge in [-0.05, 0) is 36.6 Å². The van der Waals surface area contributed by atoms with Crippen molar-refractivity contribution in [3.8, 4) is 0 Å². The van der Waals surface area contributed by atoms with Crippen LogP contribution in [0, 0.1) is 0 Å². The summed E-state index contributed by atoms with van der Waals surface area (Å²) in [7, 11) is 1.71. The Hall–Kier alpha value is -1.55. The summed E-state index contributed by atoms with van der Waals surface area (Å²) in [6.45, 7) is 2.70. The van der Waals surface area contributed by atoms with Crippen LogP contribution in [0.2, 0.25) is 0 Å². The first-order chi connectivity index (χ1) is 8.22. The number of rotatable bonds is 5. The van der Waals surface area contributed by atoms with Gasteiger partial charge in [-0.2, -0.15) is 0 Å². The molecule has 0 unspecified atom stereocenters. The Kier molecular flexibility index (Phi) is 3.64. The van der Waals surface area contributed by atoms with Crippen LogP contribution in [0.3, 0.4) is 0 Å². The first-order valence-corrected chi connectivity index (χ1v) is 5.82. The normalized spacial score (nSPS) is 13.8. The van der Waals surface area contributed by atoms with Crippen molar-refractivity contribution < 1.29 is 14.6 Å². The third kappa shape index (κ3) is 2.58. The smallest absolute Gasteiger partial charge is 0.335 e. The van der Waals surface area contributed by atoms with Crippen molar-refractivity contribution in [1.29, 1.82) is 0 Å². The van der Waals surface area contributed by atoms with Crippen LogP contribution in [-0.4, -0.2) is 37.9 Å². The van der Waals surface area contributed by atoms with E-state index < -0.39 is 5.97 Å². The minimum atomic E-state index is -0.856. The molecular weight excluding hydrogens is 218 g/mol. The van der Waals surface area contributed by atoms with Crippen molar-refractivity contribution in [3.63, 3.8) is 0 Å². The molecule has 0 amide bonds. The molecule has 0 saturated heterocycles. The zero-order valence-electron chi connectivity index (χ0n) is 9.98. The fraction of sp³-hybridized carbons (Fsp3) is 0.462. The first-order valence-electron chi connectivity index (χ1n) is 5.82. The molecular formula is C13H17NO3. The molecule has 2 rings (SSSR count). The van der Waals surface area contributed by atoms with Gasteiger partial charge in [-0.15, -0.1) is 0 Å². The van der Waals surface area contributed by atoms with Crippen LogP contribution >= 0.6 is 0 Å². The summed E-state index contributed by atoms with van der Waals surface area (Å²) in [5, 5.41) is 8.93. The van der Waals surface area contributed by atoms with Gasteiger partial charge in [-0.3, -0.25) is 0 Å². The zero-order valence-corrected chi connectivity index (χ0v) is 9.98. The predicted octanol–water partition coefficient (Wildman–Crippen LogP) is 1.78. The Morgan fingerprint density at radius 1 is 1.53 bits per heavy atom. The molecule has 1 N–H and O–H groups in total. The summed E-state index contributed by atoms with van der Waals surface area (Å²) in [6, 6.07) is 5.38. The highest BCUT2D eigenvalue weighted by Crippen LogP contribution is 2.28. The molecule has 4 nitrogen and oxygen atoms in total. The Bertz CT molecular complexity index is 417. The quantitative estimate of drug-likeness (QED) is 0.790. The second-order valence-electron chi connectivity index (χ2n) is 4.23. The van der Waals surface area contributed by atoms with Crippen LogP contribution in [0.1, 0.15) is 22.3 Å². The molecule has 1 aliphatic heterocycles. The molecule has 0 atom stereocenters. The molecule has 1 aromatic rings. The third-order valence-corrected chi connectivity index (χ3v) is 3.09. The van der Waals surface area contributed by atoms with E-state index in [2.05, 4.69) is 4.90 Å². The van der Waals surface area contributed by atoms with Crippen molar-refractivity contribution in [2.24, 2.45) is 0 Å². The van der Waals surface area contributed by atoms with Crippen LogP contribution in [-0.2, 0) is 11.2 Å². The number of benzene rings is 1. The molecule has 17 heavy (non-hydrogen) atoms. The lowest BCUT2D eigenvalue weighted by Crippen LogP contribution is -2.22. The number of hydrogen-bond donors (Lipinski definition) is 1. The van der Waals surface area contributed by atoms with E-state index in [1.165, 1.54) is 5.69 Å². The molecule has 1 heterocycles. The van der Waals surface area contributed by atoms with E-state index in [1.54, 1.807) is 19.2 Å². The molecule has 4 heteroatoms. The van der Waals surface area contributed by atoms with Gasteiger partial charge in [0, 0.05) is 32.5 Å². The molecule has 0 bridgehead atoms. The molecule has 0 fully saturated rings. The lowest BCUT2D eigenvalue weighted by Gasteiger charge is -2.19. The highest BCUT2D eigenvalue weighted by Gasteiger charge is 2.19. The summed E-state index contributed by atoms with van der Waals surface area (Å²) < 4.78 is 5.04. The largest absolute Gasteiger partial charge is 0.478 e. The Morgan fingerprint density at radius 2 is 2.35 bits per heavy atom. The molecule has 0 aliphatic carbocycles. The van der Waals surface area contributed by atoms with Gasteiger partial charge >= 0.3 is 5.97 Å². The van der Waals surface area contributed by atoms with Gasteiger partial charge in [-0.25, -0.2) is 4.79 Å². The number of hydrogen-bond acceptors (Lipinski definition) is 3. The maximum absolute atomic E-state index is 10.9. The number of anilines is 1. The summed E-state index contributed by atoms with van der Waals surface area (Å²) in [5.74, 6) is -0.856. The molecule has 1 aliphatic rings. The first kappa shape index (κ1) is 11.9. The molecule has 0 saturated carbocycles. The summed E-state index contributed by atoms with van der Waals surface area (Å²) in [4.78, 5) is 13.2. The number of carbonyl (C=O) groups is 1. The number of aromatic carboxylic acids is 1. The van der Waals surface area contributed by atoms with Gasteiger partial charge in [0.1, 0.15) is 0 Å². The number of ether oxygens (including phenoxy) is 1. The van der Waals surface area contributed by atoms with Crippen molar-refractivity contribution in [3.05, 3.63) is 29.3 Å². The van der Waals surface area contributed by atoms with Crippen molar-refractivity contribution in [1.82, 2.24) is 0 Å². The lowest BCUT2D eigenvalue weighted by atomic mass is 10.1. The highest BCUT2D eigenvalue weighted by molar-refractivity contribution is 5.88. The zero-order chi connectivity index (χ0) is 12.3. The van der Waals surface area contributed by atoms with Crippen LogP contribution in [0.4, 0.5) is 5.69 Å². The number of methoxy groups -OCH3 is 1. The average molecular weight is 235 g/mol. The van der Waals surface area contributed by atoms with E-state index in [4.69, 9.17) is 9.84 Å². The second kappa shape index (κ2) is 5.19. The second-order valence-corrected chi connectivity index (χ2v) is 4.23. The Morgan fingerprint density at radius 3 is 3.06 bits per heavy atom. The SMILES string of the molecule is COCCCN1CCc2cc(C(=O)O)ccc21. The number of fused-ring (bicyclic) bond motifs is 1. The van der Waals surface area contributed by atoms with Gasteiger partial charge in [0.05, 0.1) is 5.56 Å². The van der Waals surface area contributed by atoms with E-state index in [-0.39, 0.29) is 0 Å². The molecule has 1 aromatic carbocycles. The summed E-state index contributed by atoms with van der Waals surface area (Å²) >= 11 is 0. The summed E-state index contributed by atoms with van der Waals surface area (Å²) in [6.07, 6.45) is 1.93. The van der Waals surface area contributed by atoms with Gasteiger partial charge in [-0.1, -0.05) is 0 Å². The van der Waals surface area contributed by atoms with E-state index >= 15 is 0 Å². The van der Waals surface area contributed by atoms with Crippen LogP contribution in [0.5, 0.6) is 0 Å². The van der Waals surface area contributed by atoms with Gasteiger partial charge in [0.15, 0.2) is 0 Å². The minimum absolute atomic E-state index is 0.377. The van der Waals surface area contributed by atoms with E-state index in [0.29, 0.717) is 5.56 Å². The standard InChI is InChI=1S/C13H17NO3/c1-17-8-2-6-14-7-5-10-9-11(13(15)16)3-4-12(10)14/h3-4,9H,2,5-8H2,1H3,(H,15,16). The minimum Gasteiger partial charge on any atom is -0.478 e. The number of carboxylic acids is 1. The fourth-order valence-electron chi connectivity index (χ4n) is 2.24. The average Bonchev–Trinajstić information content (AvgIpc) is 2.72. The van der Waals surface area contributed by atoms with E-state index in [0.717, 1.165) is 38.1 Å². The molecule has 92 valence electrons.